The highest BCUT2D eigenvalue weighted by Crippen LogP contribution is 2.27. The number of ether oxygens (including phenoxy) is 1. The number of likely N-dealkylation sites (N-methyl/N-ethyl adjacent to an activating group) is 1. The zero-order valence-corrected chi connectivity index (χ0v) is 12.3. The fourth-order valence-corrected chi connectivity index (χ4v) is 3.18. The summed E-state index contributed by atoms with van der Waals surface area (Å²) in [7, 11) is 2.15. The van der Waals surface area contributed by atoms with Gasteiger partial charge in [-0.3, -0.25) is 14.6 Å². The number of morpholine rings is 1. The smallest absolute Gasteiger partial charge is 0.251 e. The Morgan fingerprint density at radius 1 is 1.50 bits per heavy atom. The van der Waals surface area contributed by atoms with Crippen LogP contribution in [0.1, 0.15) is 24.5 Å². The van der Waals surface area contributed by atoms with Gasteiger partial charge in [-0.1, -0.05) is 0 Å². The summed E-state index contributed by atoms with van der Waals surface area (Å²) in [4.78, 5) is 23.6. The number of nitrogens with one attached hydrogen (secondary N) is 1. The Bertz CT molecular complexity index is 544. The number of nitrogens with zero attached hydrogens (tertiary/aromatic N) is 3. The Morgan fingerprint density at radius 3 is 3.00 bits per heavy atom. The van der Waals surface area contributed by atoms with Crippen molar-refractivity contribution in [1.29, 1.82) is 0 Å². The van der Waals surface area contributed by atoms with Crippen LogP contribution < -0.4 is 5.56 Å². The molecule has 20 heavy (non-hydrogen) atoms. The van der Waals surface area contributed by atoms with Crippen LogP contribution in [0.25, 0.3) is 0 Å². The van der Waals surface area contributed by atoms with E-state index in [1.165, 1.54) is 6.07 Å². The van der Waals surface area contributed by atoms with E-state index >= 15 is 0 Å². The average molecular weight is 278 g/mol. The topological polar surface area (TPSA) is 61.5 Å². The van der Waals surface area contributed by atoms with E-state index in [9.17, 15) is 4.79 Å². The molecule has 1 aromatic heterocycles. The third-order valence-corrected chi connectivity index (χ3v) is 4.44. The molecule has 0 saturated carbocycles. The summed E-state index contributed by atoms with van der Waals surface area (Å²) >= 11 is 0. The first kappa shape index (κ1) is 13.7. The van der Waals surface area contributed by atoms with E-state index in [4.69, 9.17) is 4.74 Å². The van der Waals surface area contributed by atoms with E-state index in [2.05, 4.69) is 33.7 Å². The van der Waals surface area contributed by atoms with Gasteiger partial charge in [0.05, 0.1) is 18.8 Å². The van der Waals surface area contributed by atoms with Crippen molar-refractivity contribution in [3.8, 4) is 0 Å². The Labute approximate surface area is 118 Å². The lowest BCUT2D eigenvalue weighted by Gasteiger charge is -2.33. The monoisotopic (exact) mass is 278 g/mol. The molecule has 2 aliphatic rings. The van der Waals surface area contributed by atoms with E-state index in [-0.39, 0.29) is 17.7 Å². The Balaban J connectivity index is 1.78. The second kappa shape index (κ2) is 5.27. The maximum absolute atomic E-state index is 11.6. The molecule has 0 amide bonds. The summed E-state index contributed by atoms with van der Waals surface area (Å²) in [5, 5.41) is 0. The lowest BCUT2D eigenvalue weighted by molar-refractivity contribution is -0.0371. The number of hydrogen-bond donors (Lipinski definition) is 1. The van der Waals surface area contributed by atoms with Gasteiger partial charge in [0.1, 0.15) is 5.82 Å². The number of fused-ring (bicyclic) bond motifs is 1. The maximum Gasteiger partial charge on any atom is 0.251 e. The molecule has 0 aliphatic carbocycles. The number of H-pyrrole nitrogens is 1. The van der Waals surface area contributed by atoms with Crippen LogP contribution in [-0.4, -0.2) is 65.2 Å². The first-order valence-electron chi connectivity index (χ1n) is 7.18. The largest absolute Gasteiger partial charge is 0.374 e. The van der Waals surface area contributed by atoms with E-state index in [0.29, 0.717) is 6.04 Å². The van der Waals surface area contributed by atoms with Crippen molar-refractivity contribution < 1.29 is 4.74 Å². The van der Waals surface area contributed by atoms with Gasteiger partial charge in [0, 0.05) is 37.4 Å². The first-order valence-corrected chi connectivity index (χ1v) is 7.18. The summed E-state index contributed by atoms with van der Waals surface area (Å²) in [6.07, 6.45) is 0.271. The fraction of sp³-hybridized carbons (Fsp3) is 0.714. The van der Waals surface area contributed by atoms with Crippen molar-refractivity contribution in [3.63, 3.8) is 0 Å². The molecule has 3 heterocycles. The molecule has 3 rings (SSSR count). The minimum Gasteiger partial charge on any atom is -0.374 e. The molecule has 0 radical (unpaired) electrons. The standard InChI is InChI=1S/C14H22N4O2/c1-9-6-13(19)16-14(15-9)10(2)18-7-11-12(8-18)20-5-4-17(11)3/h6,10-12H,4-5,7-8H2,1-3H3,(H,15,16,19)/t10?,11-,12+/m1/s1. The molecule has 2 aliphatic heterocycles. The molecule has 1 unspecified atom stereocenters. The highest BCUT2D eigenvalue weighted by atomic mass is 16.5. The van der Waals surface area contributed by atoms with Gasteiger partial charge < -0.3 is 9.72 Å². The molecule has 110 valence electrons. The van der Waals surface area contributed by atoms with Gasteiger partial charge >= 0.3 is 0 Å². The summed E-state index contributed by atoms with van der Waals surface area (Å²) in [6, 6.07) is 2.07. The van der Waals surface area contributed by atoms with Crippen LogP contribution in [0.2, 0.25) is 0 Å². The molecule has 2 saturated heterocycles. The zero-order valence-electron chi connectivity index (χ0n) is 12.3. The summed E-state index contributed by atoms with van der Waals surface area (Å²) in [6.45, 7) is 7.59. The first-order chi connectivity index (χ1) is 9.54. The molecule has 0 spiro atoms. The maximum atomic E-state index is 11.6. The molecule has 1 aromatic rings. The van der Waals surface area contributed by atoms with Crippen LogP contribution in [0, 0.1) is 6.92 Å². The predicted octanol–water partition coefficient (Wildman–Crippen LogP) is 0.154. The second-order valence-electron chi connectivity index (χ2n) is 5.86. The van der Waals surface area contributed by atoms with Gasteiger partial charge in [-0.05, 0) is 20.9 Å². The Hall–Kier alpha value is -1.24. The summed E-state index contributed by atoms with van der Waals surface area (Å²) in [5.74, 6) is 0.747. The molecular weight excluding hydrogens is 256 g/mol. The van der Waals surface area contributed by atoms with Crippen molar-refractivity contribution in [3.05, 3.63) is 27.9 Å². The van der Waals surface area contributed by atoms with Crippen LogP contribution >= 0.6 is 0 Å². The van der Waals surface area contributed by atoms with E-state index in [0.717, 1.165) is 37.8 Å². The second-order valence-corrected chi connectivity index (χ2v) is 5.86. The third-order valence-electron chi connectivity index (χ3n) is 4.44. The molecule has 6 heteroatoms. The van der Waals surface area contributed by atoms with E-state index in [1.807, 2.05) is 6.92 Å². The number of rotatable bonds is 2. The van der Waals surface area contributed by atoms with Crippen molar-refractivity contribution in [2.75, 3.05) is 33.3 Å². The van der Waals surface area contributed by atoms with Gasteiger partial charge in [0.15, 0.2) is 0 Å². The molecule has 3 atom stereocenters. The van der Waals surface area contributed by atoms with Crippen molar-refractivity contribution in [1.82, 2.24) is 19.8 Å². The fourth-order valence-electron chi connectivity index (χ4n) is 3.18. The minimum atomic E-state index is -0.0793. The Kier molecular flexibility index (Phi) is 3.62. The zero-order chi connectivity index (χ0) is 14.3. The SMILES string of the molecule is Cc1cc(=O)[nH]c(C(C)N2C[C@@H]3OCCN(C)[C@@H]3C2)n1. The predicted molar refractivity (Wildman–Crippen MR) is 75.7 cm³/mol. The highest BCUT2D eigenvalue weighted by Gasteiger charge is 2.40. The quantitative estimate of drug-likeness (QED) is 0.834. The van der Waals surface area contributed by atoms with E-state index in [1.54, 1.807) is 0 Å². The highest BCUT2D eigenvalue weighted by molar-refractivity contribution is 5.05. The van der Waals surface area contributed by atoms with E-state index < -0.39 is 0 Å². The van der Waals surface area contributed by atoms with Crippen LogP contribution in [0.15, 0.2) is 10.9 Å². The molecule has 1 N–H and O–H groups in total. The summed E-state index contributed by atoms with van der Waals surface area (Å²) in [5.41, 5.74) is 0.685. The number of likely N-dealkylation sites (tertiary alicyclic amines) is 1. The van der Waals surface area contributed by atoms with Gasteiger partial charge in [0.2, 0.25) is 0 Å². The minimum absolute atomic E-state index is 0.0793. The van der Waals surface area contributed by atoms with Crippen LogP contribution in [0.4, 0.5) is 0 Å². The molecule has 0 aromatic carbocycles. The van der Waals surface area contributed by atoms with Gasteiger partial charge in [-0.15, -0.1) is 0 Å². The van der Waals surface area contributed by atoms with Crippen LogP contribution in [0.5, 0.6) is 0 Å². The number of hydrogen-bond acceptors (Lipinski definition) is 5. The van der Waals surface area contributed by atoms with Crippen LogP contribution in [-0.2, 0) is 4.74 Å². The Morgan fingerprint density at radius 2 is 2.30 bits per heavy atom. The van der Waals surface area contributed by atoms with Gasteiger partial charge in [0.25, 0.3) is 5.56 Å². The number of aryl methyl sites for hydroxylation is 1. The van der Waals surface area contributed by atoms with Gasteiger partial charge in [-0.25, -0.2) is 4.98 Å². The molecule has 0 bridgehead atoms. The number of aromatic amines is 1. The molecule has 6 nitrogen and oxygen atoms in total. The third kappa shape index (κ3) is 2.51. The van der Waals surface area contributed by atoms with Gasteiger partial charge in [-0.2, -0.15) is 0 Å². The lowest BCUT2D eigenvalue weighted by atomic mass is 10.1. The average Bonchev–Trinajstić information content (AvgIpc) is 2.82. The van der Waals surface area contributed by atoms with Crippen molar-refractivity contribution in [2.45, 2.75) is 32.0 Å². The van der Waals surface area contributed by atoms with Crippen LogP contribution in [0.3, 0.4) is 0 Å². The number of aromatic nitrogens is 2. The van der Waals surface area contributed by atoms with Crippen molar-refractivity contribution in [2.24, 2.45) is 0 Å². The van der Waals surface area contributed by atoms with Crippen molar-refractivity contribution >= 4 is 0 Å². The normalized spacial score (nSPS) is 29.4. The lowest BCUT2D eigenvalue weighted by Crippen LogP contribution is -2.48. The molecular formula is C14H22N4O2. The molecule has 2 fully saturated rings. The summed E-state index contributed by atoms with van der Waals surface area (Å²) < 4.78 is 5.86.